The number of ether oxygens (including phenoxy) is 2. The summed E-state index contributed by atoms with van der Waals surface area (Å²) < 4.78 is 10.1. The van der Waals surface area contributed by atoms with Crippen molar-refractivity contribution >= 4 is 17.6 Å². The average Bonchev–Trinajstić information content (AvgIpc) is 2.35. The van der Waals surface area contributed by atoms with E-state index >= 15 is 0 Å². The predicted molar refractivity (Wildman–Crippen MR) is 67.4 cm³/mol. The summed E-state index contributed by atoms with van der Waals surface area (Å²) in [6.45, 7) is 5.15. The highest BCUT2D eigenvalue weighted by molar-refractivity contribution is 5.88. The van der Waals surface area contributed by atoms with Crippen LogP contribution in [-0.4, -0.2) is 25.1 Å². The molecule has 0 saturated carbocycles. The standard InChI is InChI=1S/C13H15NO4/c1-3-13(16)18-9-8-17-12-6-4-11(5-7-12)14-10(2)15/h3-7H,1,8-9H2,2H3,(H,14,15). The summed E-state index contributed by atoms with van der Waals surface area (Å²) in [5, 5.41) is 2.65. The quantitative estimate of drug-likeness (QED) is 0.474. The Labute approximate surface area is 105 Å². The van der Waals surface area contributed by atoms with Crippen molar-refractivity contribution in [3.05, 3.63) is 36.9 Å². The van der Waals surface area contributed by atoms with Gasteiger partial charge >= 0.3 is 5.97 Å². The fraction of sp³-hybridized carbons (Fsp3) is 0.231. The van der Waals surface area contributed by atoms with E-state index in [1.54, 1.807) is 24.3 Å². The van der Waals surface area contributed by atoms with E-state index < -0.39 is 5.97 Å². The second-order valence-electron chi connectivity index (χ2n) is 3.43. The number of anilines is 1. The van der Waals surface area contributed by atoms with Gasteiger partial charge in [-0.1, -0.05) is 6.58 Å². The third-order valence-electron chi connectivity index (χ3n) is 1.94. The van der Waals surface area contributed by atoms with Crippen molar-refractivity contribution < 1.29 is 19.1 Å². The Morgan fingerprint density at radius 1 is 1.28 bits per heavy atom. The summed E-state index contributed by atoms with van der Waals surface area (Å²) in [7, 11) is 0. The van der Waals surface area contributed by atoms with Gasteiger partial charge in [-0.15, -0.1) is 0 Å². The number of nitrogens with one attached hydrogen (secondary N) is 1. The van der Waals surface area contributed by atoms with Crippen LogP contribution in [0, 0.1) is 0 Å². The van der Waals surface area contributed by atoms with Crippen LogP contribution >= 0.6 is 0 Å². The van der Waals surface area contributed by atoms with Crippen molar-refractivity contribution in [2.24, 2.45) is 0 Å². The minimum atomic E-state index is -0.473. The molecule has 18 heavy (non-hydrogen) atoms. The van der Waals surface area contributed by atoms with E-state index in [9.17, 15) is 9.59 Å². The fourth-order valence-corrected chi connectivity index (χ4v) is 1.20. The lowest BCUT2D eigenvalue weighted by molar-refractivity contribution is -0.138. The maximum atomic E-state index is 10.8. The summed E-state index contributed by atoms with van der Waals surface area (Å²) in [4.78, 5) is 21.5. The molecular weight excluding hydrogens is 234 g/mol. The first kappa shape index (κ1) is 13.8. The van der Waals surface area contributed by atoms with Gasteiger partial charge in [-0.2, -0.15) is 0 Å². The molecule has 5 nitrogen and oxygen atoms in total. The molecule has 0 fully saturated rings. The molecule has 1 amide bonds. The molecule has 0 aliphatic heterocycles. The molecule has 0 aliphatic rings. The van der Waals surface area contributed by atoms with E-state index in [-0.39, 0.29) is 19.1 Å². The molecule has 0 atom stereocenters. The number of rotatable bonds is 6. The van der Waals surface area contributed by atoms with E-state index in [0.717, 1.165) is 6.08 Å². The second-order valence-corrected chi connectivity index (χ2v) is 3.43. The van der Waals surface area contributed by atoms with Gasteiger partial charge in [-0.25, -0.2) is 4.79 Å². The molecule has 96 valence electrons. The number of esters is 1. The highest BCUT2D eigenvalue weighted by Crippen LogP contribution is 2.15. The minimum Gasteiger partial charge on any atom is -0.490 e. The number of hydrogen-bond acceptors (Lipinski definition) is 4. The van der Waals surface area contributed by atoms with Gasteiger partial charge in [0, 0.05) is 18.7 Å². The molecule has 0 saturated heterocycles. The minimum absolute atomic E-state index is 0.125. The molecule has 0 spiro atoms. The summed E-state index contributed by atoms with van der Waals surface area (Å²) in [5.41, 5.74) is 0.702. The Balaban J connectivity index is 2.33. The normalized spacial score (nSPS) is 9.39. The Bertz CT molecular complexity index is 425. The Kier molecular flexibility index (Phi) is 5.44. The fourth-order valence-electron chi connectivity index (χ4n) is 1.20. The number of amides is 1. The summed E-state index contributed by atoms with van der Waals surface area (Å²) in [6, 6.07) is 6.90. The third kappa shape index (κ3) is 5.16. The summed E-state index contributed by atoms with van der Waals surface area (Å²) in [5.74, 6) is 0.0402. The van der Waals surface area contributed by atoms with Crippen LogP contribution in [0.2, 0.25) is 0 Å². The van der Waals surface area contributed by atoms with E-state index in [1.165, 1.54) is 6.92 Å². The van der Waals surface area contributed by atoms with E-state index in [1.807, 2.05) is 0 Å². The van der Waals surface area contributed by atoms with Gasteiger partial charge in [-0.3, -0.25) is 4.79 Å². The van der Waals surface area contributed by atoms with Gasteiger partial charge in [0.2, 0.25) is 5.91 Å². The van der Waals surface area contributed by atoms with Gasteiger partial charge in [-0.05, 0) is 24.3 Å². The zero-order valence-electron chi connectivity index (χ0n) is 10.1. The SMILES string of the molecule is C=CC(=O)OCCOc1ccc(NC(C)=O)cc1. The smallest absolute Gasteiger partial charge is 0.330 e. The second kappa shape index (κ2) is 7.11. The van der Waals surface area contributed by atoms with Gasteiger partial charge < -0.3 is 14.8 Å². The van der Waals surface area contributed by atoms with Crippen LogP contribution in [0.5, 0.6) is 5.75 Å². The molecule has 0 bridgehead atoms. The van der Waals surface area contributed by atoms with Crippen LogP contribution in [0.25, 0.3) is 0 Å². The van der Waals surface area contributed by atoms with Crippen molar-refractivity contribution in [3.8, 4) is 5.75 Å². The Hall–Kier alpha value is -2.30. The summed E-state index contributed by atoms with van der Waals surface area (Å²) >= 11 is 0. The first-order valence-electron chi connectivity index (χ1n) is 5.41. The van der Waals surface area contributed by atoms with Gasteiger partial charge in [0.1, 0.15) is 19.0 Å². The third-order valence-corrected chi connectivity index (χ3v) is 1.94. The maximum absolute atomic E-state index is 10.8. The molecule has 0 heterocycles. The average molecular weight is 249 g/mol. The van der Waals surface area contributed by atoms with Crippen LogP contribution in [0.1, 0.15) is 6.92 Å². The first-order valence-corrected chi connectivity index (χ1v) is 5.41. The van der Waals surface area contributed by atoms with Crippen molar-refractivity contribution in [2.75, 3.05) is 18.5 Å². The Morgan fingerprint density at radius 2 is 1.94 bits per heavy atom. The molecule has 1 rings (SSSR count). The van der Waals surface area contributed by atoms with Crippen molar-refractivity contribution in [2.45, 2.75) is 6.92 Å². The molecule has 0 aromatic heterocycles. The number of carbonyl (C=O) groups is 2. The lowest BCUT2D eigenvalue weighted by atomic mass is 10.3. The van der Waals surface area contributed by atoms with Crippen LogP contribution in [-0.2, 0) is 14.3 Å². The molecule has 1 N–H and O–H groups in total. The largest absolute Gasteiger partial charge is 0.490 e. The molecule has 1 aromatic rings. The van der Waals surface area contributed by atoms with Gasteiger partial charge in [0.25, 0.3) is 0 Å². The summed E-state index contributed by atoms with van der Waals surface area (Å²) in [6.07, 6.45) is 1.10. The topological polar surface area (TPSA) is 64.6 Å². The molecule has 0 radical (unpaired) electrons. The van der Waals surface area contributed by atoms with Crippen LogP contribution in [0.15, 0.2) is 36.9 Å². The predicted octanol–water partition coefficient (Wildman–Crippen LogP) is 1.75. The molecule has 0 aliphatic carbocycles. The highest BCUT2D eigenvalue weighted by atomic mass is 16.6. The van der Waals surface area contributed by atoms with Crippen LogP contribution < -0.4 is 10.1 Å². The van der Waals surface area contributed by atoms with Gasteiger partial charge in [0.15, 0.2) is 0 Å². The number of hydrogen-bond donors (Lipinski definition) is 1. The lowest BCUT2D eigenvalue weighted by Crippen LogP contribution is -2.10. The van der Waals surface area contributed by atoms with Crippen LogP contribution in [0.3, 0.4) is 0 Å². The number of benzene rings is 1. The first-order chi connectivity index (χ1) is 8.61. The zero-order valence-corrected chi connectivity index (χ0v) is 10.1. The highest BCUT2D eigenvalue weighted by Gasteiger charge is 1.98. The van der Waals surface area contributed by atoms with Crippen LogP contribution in [0.4, 0.5) is 5.69 Å². The Morgan fingerprint density at radius 3 is 2.50 bits per heavy atom. The lowest BCUT2D eigenvalue weighted by Gasteiger charge is -2.07. The van der Waals surface area contributed by atoms with Crippen molar-refractivity contribution in [3.63, 3.8) is 0 Å². The molecule has 1 aromatic carbocycles. The molecule has 5 heteroatoms. The van der Waals surface area contributed by atoms with Crippen molar-refractivity contribution in [1.82, 2.24) is 0 Å². The molecule has 0 unspecified atom stereocenters. The van der Waals surface area contributed by atoms with E-state index in [2.05, 4.69) is 11.9 Å². The monoisotopic (exact) mass is 249 g/mol. The zero-order chi connectivity index (χ0) is 13.4. The maximum Gasteiger partial charge on any atom is 0.330 e. The van der Waals surface area contributed by atoms with Gasteiger partial charge in [0.05, 0.1) is 0 Å². The van der Waals surface area contributed by atoms with E-state index in [0.29, 0.717) is 11.4 Å². The molecular formula is C13H15NO4. The van der Waals surface area contributed by atoms with E-state index in [4.69, 9.17) is 9.47 Å². The van der Waals surface area contributed by atoms with Crippen molar-refractivity contribution in [1.29, 1.82) is 0 Å². The number of carbonyl (C=O) groups excluding carboxylic acids is 2.